The molecule has 2 rings (SSSR count). The third-order valence-corrected chi connectivity index (χ3v) is 5.16. The Kier molecular flexibility index (Phi) is 3.88. The molecule has 6 nitrogen and oxygen atoms in total. The van der Waals surface area contributed by atoms with E-state index in [9.17, 15) is 8.42 Å². The van der Waals surface area contributed by atoms with Crippen molar-refractivity contribution in [2.24, 2.45) is 7.05 Å². The van der Waals surface area contributed by atoms with Gasteiger partial charge in [-0.2, -0.15) is 8.42 Å². The number of aryl methyl sites for hydroxylation is 1. The smallest absolute Gasteiger partial charge is 0.281 e. The highest BCUT2D eigenvalue weighted by atomic mass is 79.9. The monoisotopic (exact) mass is 408 g/mol. The minimum Gasteiger partial charge on any atom is -0.381 e. The van der Waals surface area contributed by atoms with Crippen molar-refractivity contribution in [2.75, 3.05) is 10.5 Å². The molecule has 102 valence electrons. The number of nitrogens with two attached hydrogens (primary N) is 1. The summed E-state index contributed by atoms with van der Waals surface area (Å²) in [7, 11) is -2.25. The number of nitrogens with zero attached hydrogens (tertiary/aromatic N) is 2. The van der Waals surface area contributed by atoms with Crippen molar-refractivity contribution < 1.29 is 8.42 Å². The lowest BCUT2D eigenvalue weighted by Crippen LogP contribution is -2.18. The first-order valence-corrected chi connectivity index (χ1v) is 8.13. The molecule has 0 atom stereocenters. The zero-order valence-corrected chi connectivity index (χ0v) is 13.8. The molecule has 0 spiro atoms. The SMILES string of the molecule is Cn1cnc(N)c1S(=O)(=O)Nc1c(Br)cccc1Br. The fourth-order valence-electron chi connectivity index (χ4n) is 1.54. The van der Waals surface area contributed by atoms with Gasteiger partial charge >= 0.3 is 0 Å². The molecule has 0 amide bonds. The van der Waals surface area contributed by atoms with Crippen LogP contribution in [0.3, 0.4) is 0 Å². The average molecular weight is 410 g/mol. The molecule has 0 aliphatic rings. The minimum atomic E-state index is -3.81. The predicted octanol–water partition coefficient (Wildman–Crippen LogP) is 2.33. The van der Waals surface area contributed by atoms with Gasteiger partial charge in [-0.1, -0.05) is 6.07 Å². The van der Waals surface area contributed by atoms with Gasteiger partial charge in [0, 0.05) is 16.0 Å². The lowest BCUT2D eigenvalue weighted by Gasteiger charge is -2.12. The van der Waals surface area contributed by atoms with E-state index in [0.717, 1.165) is 0 Å². The van der Waals surface area contributed by atoms with Crippen LogP contribution in [0.2, 0.25) is 0 Å². The van der Waals surface area contributed by atoms with Crippen LogP contribution in [-0.2, 0) is 17.1 Å². The molecule has 0 bridgehead atoms. The largest absolute Gasteiger partial charge is 0.381 e. The molecule has 0 radical (unpaired) electrons. The van der Waals surface area contributed by atoms with Crippen molar-refractivity contribution in [1.82, 2.24) is 9.55 Å². The second kappa shape index (κ2) is 5.14. The van der Waals surface area contributed by atoms with Crippen LogP contribution in [-0.4, -0.2) is 18.0 Å². The van der Waals surface area contributed by atoms with E-state index in [-0.39, 0.29) is 10.8 Å². The number of para-hydroxylation sites is 1. The highest BCUT2D eigenvalue weighted by Crippen LogP contribution is 2.32. The van der Waals surface area contributed by atoms with Gasteiger partial charge in [0.25, 0.3) is 10.0 Å². The molecule has 3 N–H and O–H groups in total. The van der Waals surface area contributed by atoms with Crippen LogP contribution in [0.1, 0.15) is 0 Å². The maximum atomic E-state index is 12.3. The Morgan fingerprint density at radius 1 is 1.32 bits per heavy atom. The number of hydrogen-bond donors (Lipinski definition) is 2. The number of benzene rings is 1. The number of anilines is 2. The highest BCUT2D eigenvalue weighted by Gasteiger charge is 2.24. The van der Waals surface area contributed by atoms with Gasteiger partial charge in [-0.3, -0.25) is 4.72 Å². The van der Waals surface area contributed by atoms with Crippen molar-refractivity contribution in [3.8, 4) is 0 Å². The van der Waals surface area contributed by atoms with Gasteiger partial charge in [-0.15, -0.1) is 0 Å². The Morgan fingerprint density at radius 3 is 2.37 bits per heavy atom. The maximum absolute atomic E-state index is 12.3. The van der Waals surface area contributed by atoms with Gasteiger partial charge in [-0.05, 0) is 44.0 Å². The molecule has 2 aromatic rings. The van der Waals surface area contributed by atoms with E-state index in [1.807, 2.05) is 0 Å². The molecule has 9 heteroatoms. The quantitative estimate of drug-likeness (QED) is 0.813. The number of nitrogens with one attached hydrogen (secondary N) is 1. The fourth-order valence-corrected chi connectivity index (χ4v) is 4.34. The van der Waals surface area contributed by atoms with Gasteiger partial charge in [0.2, 0.25) is 0 Å². The zero-order valence-electron chi connectivity index (χ0n) is 9.76. The summed E-state index contributed by atoms with van der Waals surface area (Å²) in [6, 6.07) is 5.24. The number of rotatable bonds is 3. The first-order valence-electron chi connectivity index (χ1n) is 5.06. The second-order valence-corrected chi connectivity index (χ2v) is 7.05. The molecular formula is C10H10Br2N4O2S. The van der Waals surface area contributed by atoms with Crippen molar-refractivity contribution in [3.63, 3.8) is 0 Å². The van der Waals surface area contributed by atoms with Crippen LogP contribution >= 0.6 is 31.9 Å². The van der Waals surface area contributed by atoms with Crippen molar-refractivity contribution in [1.29, 1.82) is 0 Å². The van der Waals surface area contributed by atoms with Crippen LogP contribution in [0.4, 0.5) is 11.5 Å². The first-order chi connectivity index (χ1) is 8.83. The minimum absolute atomic E-state index is 0.0434. The maximum Gasteiger partial charge on any atom is 0.281 e. The van der Waals surface area contributed by atoms with Gasteiger partial charge in [-0.25, -0.2) is 4.98 Å². The second-order valence-electron chi connectivity index (χ2n) is 3.75. The number of halogens is 2. The number of hydrogen-bond acceptors (Lipinski definition) is 4. The summed E-state index contributed by atoms with van der Waals surface area (Å²) >= 11 is 6.58. The molecule has 1 aromatic carbocycles. The molecule has 1 heterocycles. The summed E-state index contributed by atoms with van der Waals surface area (Å²) in [5, 5.41) is -0.0739. The number of nitrogen functional groups attached to an aromatic ring is 1. The Hall–Kier alpha value is -1.06. The van der Waals surface area contributed by atoms with Gasteiger partial charge < -0.3 is 10.3 Å². The third-order valence-electron chi connectivity index (χ3n) is 2.36. The van der Waals surface area contributed by atoms with Crippen LogP contribution < -0.4 is 10.5 Å². The summed E-state index contributed by atoms with van der Waals surface area (Å²) in [4.78, 5) is 3.77. The van der Waals surface area contributed by atoms with E-state index in [4.69, 9.17) is 5.73 Å². The van der Waals surface area contributed by atoms with Crippen molar-refractivity contribution in [3.05, 3.63) is 33.5 Å². The number of aromatic nitrogens is 2. The van der Waals surface area contributed by atoms with E-state index >= 15 is 0 Å². The fraction of sp³-hybridized carbons (Fsp3) is 0.100. The zero-order chi connectivity index (χ0) is 14.2. The Bertz CT molecular complexity index is 687. The molecule has 0 saturated carbocycles. The Balaban J connectivity index is 2.49. The van der Waals surface area contributed by atoms with Gasteiger partial charge in [0.1, 0.15) is 0 Å². The molecule has 0 saturated heterocycles. The third kappa shape index (κ3) is 2.77. The summed E-state index contributed by atoms with van der Waals surface area (Å²) in [5.74, 6) is -0.0434. The Morgan fingerprint density at radius 2 is 1.89 bits per heavy atom. The molecule has 0 unspecified atom stereocenters. The number of imidazole rings is 1. The molecule has 0 aliphatic carbocycles. The Labute approximate surface area is 127 Å². The summed E-state index contributed by atoms with van der Waals surface area (Å²) < 4.78 is 29.7. The molecule has 0 aliphatic heterocycles. The van der Waals surface area contributed by atoms with Crippen molar-refractivity contribution in [2.45, 2.75) is 5.03 Å². The van der Waals surface area contributed by atoms with Crippen LogP contribution in [0, 0.1) is 0 Å². The molecule has 0 fully saturated rings. The van der Waals surface area contributed by atoms with E-state index in [1.165, 1.54) is 10.9 Å². The topological polar surface area (TPSA) is 90.0 Å². The molecule has 19 heavy (non-hydrogen) atoms. The van der Waals surface area contributed by atoms with Crippen LogP contribution in [0.15, 0.2) is 38.5 Å². The summed E-state index contributed by atoms with van der Waals surface area (Å²) in [5.41, 5.74) is 5.99. The summed E-state index contributed by atoms with van der Waals surface area (Å²) in [6.45, 7) is 0. The van der Waals surface area contributed by atoms with E-state index < -0.39 is 10.0 Å². The summed E-state index contributed by atoms with van der Waals surface area (Å²) in [6.07, 6.45) is 1.35. The standard InChI is InChI=1S/C10H10Br2N4O2S/c1-16-5-14-9(13)10(16)19(17,18)15-8-6(11)3-2-4-7(8)12/h2-5,15H,13H2,1H3. The van der Waals surface area contributed by atoms with Crippen molar-refractivity contribution >= 4 is 53.4 Å². The molecule has 1 aromatic heterocycles. The number of sulfonamides is 1. The lowest BCUT2D eigenvalue weighted by molar-refractivity contribution is 0.592. The van der Waals surface area contributed by atoms with E-state index in [2.05, 4.69) is 41.6 Å². The average Bonchev–Trinajstić information content (AvgIpc) is 2.64. The highest BCUT2D eigenvalue weighted by molar-refractivity contribution is 9.11. The lowest BCUT2D eigenvalue weighted by atomic mass is 10.3. The normalized spacial score (nSPS) is 11.5. The predicted molar refractivity (Wildman–Crippen MR) is 80.3 cm³/mol. The van der Waals surface area contributed by atoms with E-state index in [1.54, 1.807) is 25.2 Å². The van der Waals surface area contributed by atoms with Crippen LogP contribution in [0.5, 0.6) is 0 Å². The van der Waals surface area contributed by atoms with Gasteiger partial charge in [0.15, 0.2) is 10.8 Å². The van der Waals surface area contributed by atoms with E-state index in [0.29, 0.717) is 14.6 Å². The first kappa shape index (κ1) is 14.4. The van der Waals surface area contributed by atoms with Crippen LogP contribution in [0.25, 0.3) is 0 Å². The van der Waals surface area contributed by atoms with Gasteiger partial charge in [0.05, 0.1) is 12.0 Å². The molecular weight excluding hydrogens is 400 g/mol.